The number of aliphatic hydroxyl groups excluding tert-OH is 1. The average molecular weight is 250 g/mol. The van der Waals surface area contributed by atoms with E-state index in [1.807, 2.05) is 6.92 Å². The second-order valence-corrected chi connectivity index (χ2v) is 3.54. The molecule has 5 nitrogen and oxygen atoms in total. The van der Waals surface area contributed by atoms with Crippen LogP contribution in [0.3, 0.4) is 0 Å². The summed E-state index contributed by atoms with van der Waals surface area (Å²) in [6, 6.07) is 6.57. The van der Waals surface area contributed by atoms with Crippen LogP contribution < -0.4 is 4.74 Å². The van der Waals surface area contributed by atoms with Crippen molar-refractivity contribution in [3.8, 4) is 5.75 Å². The van der Waals surface area contributed by atoms with E-state index in [1.54, 1.807) is 24.3 Å². The summed E-state index contributed by atoms with van der Waals surface area (Å²) < 4.78 is 5.39. The van der Waals surface area contributed by atoms with Gasteiger partial charge in [0.2, 0.25) is 0 Å². The zero-order valence-electron chi connectivity index (χ0n) is 9.92. The number of hydrogen-bond donors (Lipinski definition) is 2. The molecule has 0 bridgehead atoms. The van der Waals surface area contributed by atoms with E-state index in [2.05, 4.69) is 0 Å². The van der Waals surface area contributed by atoms with Crippen molar-refractivity contribution < 1.29 is 24.5 Å². The highest BCUT2D eigenvalue weighted by Gasteiger charge is 2.13. The molecule has 18 heavy (non-hydrogen) atoms. The molecule has 96 valence electrons. The molecule has 1 rings (SSSR count). The molecule has 0 aliphatic rings. The van der Waals surface area contributed by atoms with Gasteiger partial charge in [0, 0.05) is 6.08 Å². The molecule has 0 radical (unpaired) electrons. The fourth-order valence-corrected chi connectivity index (χ4v) is 1.28. The molecule has 5 heteroatoms. The molecule has 0 unspecified atom stereocenters. The number of hydrogen-bond acceptors (Lipinski definition) is 4. The van der Waals surface area contributed by atoms with E-state index < -0.39 is 17.5 Å². The van der Waals surface area contributed by atoms with Crippen LogP contribution in [0.4, 0.5) is 0 Å². The summed E-state index contributed by atoms with van der Waals surface area (Å²) in [5.41, 5.74) is 0.292. The lowest BCUT2D eigenvalue weighted by Crippen LogP contribution is -2.09. The minimum Gasteiger partial charge on any atom is -0.507 e. The van der Waals surface area contributed by atoms with E-state index in [1.165, 1.54) is 0 Å². The summed E-state index contributed by atoms with van der Waals surface area (Å²) in [6.45, 7) is 2.41. The molecule has 0 saturated heterocycles. The van der Waals surface area contributed by atoms with Gasteiger partial charge in [0.05, 0.1) is 12.2 Å². The largest absolute Gasteiger partial charge is 0.507 e. The number of carbonyl (C=O) groups is 2. The van der Waals surface area contributed by atoms with Crippen LogP contribution in [0.5, 0.6) is 5.75 Å². The van der Waals surface area contributed by atoms with Crippen molar-refractivity contribution >= 4 is 17.5 Å². The van der Waals surface area contributed by atoms with Crippen LogP contribution in [0, 0.1) is 0 Å². The Morgan fingerprint density at radius 2 is 1.94 bits per heavy atom. The summed E-state index contributed by atoms with van der Waals surface area (Å²) in [4.78, 5) is 21.4. The van der Waals surface area contributed by atoms with Crippen molar-refractivity contribution in [2.45, 2.75) is 13.3 Å². The maximum absolute atomic E-state index is 11.0. The normalized spacial score (nSPS) is 11.1. The standard InChI is InChI=1S/C13H14O5/c1-2-7-18-12-6-4-3-5-9(12)10(14)8-11(15)13(16)17/h3-6,8,14H,2,7H2,1H3,(H,16,17)/b10-8-. The molecule has 0 aliphatic carbocycles. The zero-order valence-corrected chi connectivity index (χ0v) is 9.92. The van der Waals surface area contributed by atoms with Gasteiger partial charge < -0.3 is 14.9 Å². The Kier molecular flexibility index (Phi) is 4.92. The number of carbonyl (C=O) groups excluding carboxylic acids is 1. The van der Waals surface area contributed by atoms with Gasteiger partial charge in [0.1, 0.15) is 11.5 Å². The van der Waals surface area contributed by atoms with E-state index in [0.717, 1.165) is 6.42 Å². The van der Waals surface area contributed by atoms with Gasteiger partial charge in [0.25, 0.3) is 5.78 Å². The summed E-state index contributed by atoms with van der Waals surface area (Å²) in [6.07, 6.45) is 1.46. The highest BCUT2D eigenvalue weighted by atomic mass is 16.5. The highest BCUT2D eigenvalue weighted by Crippen LogP contribution is 2.24. The molecule has 0 amide bonds. The zero-order chi connectivity index (χ0) is 13.5. The molecule has 0 saturated carbocycles. The first kappa shape index (κ1) is 13.8. The van der Waals surface area contributed by atoms with E-state index in [-0.39, 0.29) is 0 Å². The molecule has 0 aromatic heterocycles. The molecule has 0 heterocycles. The van der Waals surface area contributed by atoms with E-state index >= 15 is 0 Å². The Morgan fingerprint density at radius 1 is 1.28 bits per heavy atom. The summed E-state index contributed by atoms with van der Waals surface area (Å²) in [5.74, 6) is -2.81. The second kappa shape index (κ2) is 6.44. The minimum absolute atomic E-state index is 0.292. The Balaban J connectivity index is 3.01. The van der Waals surface area contributed by atoms with Crippen LogP contribution in [0.2, 0.25) is 0 Å². The number of carboxylic acid groups (broad SMARTS) is 1. The molecule has 0 fully saturated rings. The quantitative estimate of drug-likeness (QED) is 0.458. The number of benzene rings is 1. The molecule has 2 N–H and O–H groups in total. The third kappa shape index (κ3) is 3.62. The molecular weight excluding hydrogens is 236 g/mol. The first-order chi connectivity index (χ1) is 8.56. The molecule has 0 spiro atoms. The summed E-state index contributed by atoms with van der Waals surface area (Å²) >= 11 is 0. The maximum atomic E-state index is 11.0. The monoisotopic (exact) mass is 250 g/mol. The van der Waals surface area contributed by atoms with Crippen molar-refractivity contribution in [1.29, 1.82) is 0 Å². The third-order valence-corrected chi connectivity index (χ3v) is 2.10. The minimum atomic E-state index is -1.62. The van der Waals surface area contributed by atoms with Crippen molar-refractivity contribution in [1.82, 2.24) is 0 Å². The highest BCUT2D eigenvalue weighted by molar-refractivity contribution is 6.38. The number of aliphatic carboxylic acids is 1. The van der Waals surface area contributed by atoms with Crippen LogP contribution >= 0.6 is 0 Å². The number of ketones is 1. The summed E-state index contributed by atoms with van der Waals surface area (Å²) in [5, 5.41) is 18.2. The topological polar surface area (TPSA) is 83.8 Å². The average Bonchev–Trinajstić information content (AvgIpc) is 2.36. The van der Waals surface area contributed by atoms with Crippen LogP contribution in [0.15, 0.2) is 30.3 Å². The number of ether oxygens (including phenoxy) is 1. The number of carboxylic acids is 1. The predicted molar refractivity (Wildman–Crippen MR) is 65.5 cm³/mol. The lowest BCUT2D eigenvalue weighted by Gasteiger charge is -2.09. The fourth-order valence-electron chi connectivity index (χ4n) is 1.28. The van der Waals surface area contributed by atoms with Gasteiger partial charge in [-0.1, -0.05) is 19.1 Å². The van der Waals surface area contributed by atoms with Gasteiger partial charge in [-0.3, -0.25) is 4.79 Å². The Labute approximate surface area is 104 Å². The number of aliphatic hydroxyl groups is 1. The first-order valence-corrected chi connectivity index (χ1v) is 5.46. The van der Waals surface area contributed by atoms with Crippen LogP contribution in [0.25, 0.3) is 5.76 Å². The fraction of sp³-hybridized carbons (Fsp3) is 0.231. The molecule has 1 aromatic carbocycles. The summed E-state index contributed by atoms with van der Waals surface area (Å²) in [7, 11) is 0. The van der Waals surface area contributed by atoms with E-state index in [9.17, 15) is 14.7 Å². The van der Waals surface area contributed by atoms with E-state index in [0.29, 0.717) is 24.0 Å². The van der Waals surface area contributed by atoms with Crippen LogP contribution in [-0.2, 0) is 9.59 Å². The van der Waals surface area contributed by atoms with Gasteiger partial charge in [-0.05, 0) is 18.6 Å². The SMILES string of the molecule is CCCOc1ccccc1/C(O)=C/C(=O)C(=O)O. The Hall–Kier alpha value is -2.30. The lowest BCUT2D eigenvalue weighted by molar-refractivity contribution is -0.146. The lowest BCUT2D eigenvalue weighted by atomic mass is 10.1. The van der Waals surface area contributed by atoms with Crippen molar-refractivity contribution in [3.05, 3.63) is 35.9 Å². The van der Waals surface area contributed by atoms with Crippen molar-refractivity contribution in [3.63, 3.8) is 0 Å². The second-order valence-electron chi connectivity index (χ2n) is 3.54. The smallest absolute Gasteiger partial charge is 0.376 e. The first-order valence-electron chi connectivity index (χ1n) is 5.46. The van der Waals surface area contributed by atoms with Crippen LogP contribution in [0.1, 0.15) is 18.9 Å². The van der Waals surface area contributed by atoms with Crippen molar-refractivity contribution in [2.24, 2.45) is 0 Å². The van der Waals surface area contributed by atoms with Gasteiger partial charge in [0.15, 0.2) is 0 Å². The number of para-hydroxylation sites is 1. The van der Waals surface area contributed by atoms with Gasteiger partial charge >= 0.3 is 5.97 Å². The van der Waals surface area contributed by atoms with E-state index in [4.69, 9.17) is 9.84 Å². The number of rotatable bonds is 6. The molecule has 0 atom stereocenters. The third-order valence-electron chi connectivity index (χ3n) is 2.10. The Morgan fingerprint density at radius 3 is 2.56 bits per heavy atom. The van der Waals surface area contributed by atoms with Gasteiger partial charge in [-0.25, -0.2) is 4.79 Å². The van der Waals surface area contributed by atoms with Gasteiger partial charge in [-0.2, -0.15) is 0 Å². The van der Waals surface area contributed by atoms with Gasteiger partial charge in [-0.15, -0.1) is 0 Å². The van der Waals surface area contributed by atoms with Crippen molar-refractivity contribution in [2.75, 3.05) is 6.61 Å². The molecule has 0 aliphatic heterocycles. The maximum Gasteiger partial charge on any atom is 0.376 e. The molecular formula is C13H14O5. The van der Waals surface area contributed by atoms with Crippen LogP contribution in [-0.4, -0.2) is 28.6 Å². The Bertz CT molecular complexity index is 476. The predicted octanol–water partition coefficient (Wildman–Crippen LogP) is 2.03. The molecule has 1 aromatic rings.